The monoisotopic (exact) mass is 401 g/mol. The first kappa shape index (κ1) is 30.1. The van der Waals surface area contributed by atoms with Crippen molar-refractivity contribution in [3.63, 3.8) is 0 Å². The van der Waals surface area contributed by atoms with Crippen LogP contribution in [0.2, 0.25) is 0 Å². The molecule has 0 unspecified atom stereocenters. The Hall–Kier alpha value is -0.110. The van der Waals surface area contributed by atoms with Crippen LogP contribution in [0.4, 0.5) is 0 Å². The highest BCUT2D eigenvalue weighted by Gasteiger charge is 2.23. The summed E-state index contributed by atoms with van der Waals surface area (Å²) < 4.78 is 1.43. The molecule has 172 valence electrons. The van der Waals surface area contributed by atoms with Crippen LogP contribution in [0.25, 0.3) is 0 Å². The van der Waals surface area contributed by atoms with E-state index in [2.05, 4.69) is 27.7 Å². The second-order valence-corrected chi connectivity index (χ2v) is 9.13. The number of quaternary nitrogens is 1. The lowest BCUT2D eigenvalue weighted by Crippen LogP contribution is -3.00. The van der Waals surface area contributed by atoms with Crippen LogP contribution in [0.1, 0.15) is 143 Å². The van der Waals surface area contributed by atoms with Crippen molar-refractivity contribution in [2.75, 3.05) is 26.2 Å². The average molecular weight is 402 g/mol. The van der Waals surface area contributed by atoms with Crippen LogP contribution in [0, 0.1) is 0 Å². The molecule has 0 N–H and O–H groups in total. The van der Waals surface area contributed by atoms with Gasteiger partial charge in [-0.1, -0.05) is 97.8 Å². The lowest BCUT2D eigenvalue weighted by molar-refractivity contribution is -0.927. The number of halogens is 1. The summed E-state index contributed by atoms with van der Waals surface area (Å²) >= 11 is 0. The van der Waals surface area contributed by atoms with Crippen molar-refractivity contribution in [1.82, 2.24) is 0 Å². The maximum atomic E-state index is 2.46. The largest absolute Gasteiger partial charge is 1.00 e. The topological polar surface area (TPSA) is 0 Å². The highest BCUT2D eigenvalue weighted by Crippen LogP contribution is 2.18. The van der Waals surface area contributed by atoms with Crippen LogP contribution in [-0.4, -0.2) is 30.7 Å². The van der Waals surface area contributed by atoms with E-state index in [4.69, 9.17) is 0 Å². The minimum Gasteiger partial charge on any atom is -1.00 e. The van der Waals surface area contributed by atoms with Gasteiger partial charge < -0.3 is 9.19 Å². The fourth-order valence-electron chi connectivity index (χ4n) is 4.49. The zero-order chi connectivity index (χ0) is 20.1. The number of unbranched alkanes of at least 4 members (excludes halogenated alkanes) is 15. The quantitative estimate of drug-likeness (QED) is 0.156. The van der Waals surface area contributed by atoms with Gasteiger partial charge in [-0.2, -0.15) is 0 Å². The van der Waals surface area contributed by atoms with Crippen molar-refractivity contribution < 1.29 is 9.19 Å². The normalized spacial score (nSPS) is 11.6. The van der Waals surface area contributed by atoms with Gasteiger partial charge in [-0.15, -0.1) is 0 Å². The molecule has 0 aliphatic rings. The van der Waals surface area contributed by atoms with E-state index in [-0.39, 0.29) is 4.70 Å². The van der Waals surface area contributed by atoms with Crippen molar-refractivity contribution in [3.05, 3.63) is 0 Å². The molecule has 0 aromatic carbocycles. The van der Waals surface area contributed by atoms with Gasteiger partial charge >= 0.3 is 0 Å². The molecule has 0 amide bonds. The maximum absolute atomic E-state index is 2.46. The van der Waals surface area contributed by atoms with Crippen molar-refractivity contribution in [2.45, 2.75) is 143 Å². The Morgan fingerprint density at radius 3 is 0.857 bits per heavy atom. The molecule has 0 saturated carbocycles. The first-order valence-electron chi connectivity index (χ1n) is 13.1. The third kappa shape index (κ3) is 18.0. The molecule has 0 spiro atoms. The molecule has 28 heavy (non-hydrogen) atoms. The van der Waals surface area contributed by atoms with Gasteiger partial charge in [0.15, 0.2) is 0 Å². The minimum atomic E-state index is 0. The van der Waals surface area contributed by atoms with Crippen LogP contribution in [-0.2, 0) is 0 Å². The van der Waals surface area contributed by atoms with Crippen molar-refractivity contribution in [3.8, 4) is 0 Å². The fraction of sp³-hybridized carbons (Fsp3) is 1.00. The number of hydrogen-bond donors (Lipinski definition) is 0. The molecule has 0 rings (SSSR count). The predicted molar refractivity (Wildman–Crippen MR) is 126 cm³/mol. The van der Waals surface area contributed by atoms with Crippen molar-refractivity contribution in [1.29, 1.82) is 0 Å². The Balaban J connectivity index is 0. The van der Waals surface area contributed by atoms with Crippen LogP contribution < -0.4 is 4.70 Å². The molecule has 0 radical (unpaired) electrons. The van der Waals surface area contributed by atoms with Crippen LogP contribution in [0.3, 0.4) is 0 Å². The molecular formula is C26H56FN. The van der Waals surface area contributed by atoms with E-state index in [1.165, 1.54) is 146 Å². The SMILES string of the molecule is CCCCCCCC[N+](CC)(CCCCCCCC)CCCCCCCC.[F-]. The Morgan fingerprint density at radius 1 is 0.357 bits per heavy atom. The van der Waals surface area contributed by atoms with Crippen LogP contribution >= 0.6 is 0 Å². The van der Waals surface area contributed by atoms with Crippen molar-refractivity contribution >= 4 is 0 Å². The van der Waals surface area contributed by atoms with Gasteiger partial charge in [-0.3, -0.25) is 0 Å². The summed E-state index contributed by atoms with van der Waals surface area (Å²) in [6, 6.07) is 0. The van der Waals surface area contributed by atoms with Crippen molar-refractivity contribution in [2.24, 2.45) is 0 Å². The lowest BCUT2D eigenvalue weighted by atomic mass is 10.1. The molecule has 0 aromatic rings. The summed E-state index contributed by atoms with van der Waals surface area (Å²) in [5.74, 6) is 0. The molecule has 0 aromatic heterocycles. The van der Waals surface area contributed by atoms with Gasteiger partial charge in [-0.25, -0.2) is 0 Å². The molecule has 0 heterocycles. The lowest BCUT2D eigenvalue weighted by Gasteiger charge is -2.38. The standard InChI is InChI=1S/C26H56N.FH/c1-5-9-12-15-18-21-24-27(8-4,25-22-19-16-13-10-6-2)26-23-20-17-14-11-7-3;/h5-26H2,1-4H3;1H/q+1;/p-1. The highest BCUT2D eigenvalue weighted by atomic mass is 19.0. The molecule has 0 fully saturated rings. The number of nitrogens with zero attached hydrogens (tertiary/aromatic N) is 1. The number of hydrogen-bond acceptors (Lipinski definition) is 0. The maximum Gasteiger partial charge on any atom is 0.0786 e. The van der Waals surface area contributed by atoms with E-state index in [0.717, 1.165) is 0 Å². The second-order valence-electron chi connectivity index (χ2n) is 9.13. The van der Waals surface area contributed by atoms with E-state index in [0.29, 0.717) is 0 Å². The first-order valence-corrected chi connectivity index (χ1v) is 13.1. The second kappa shape index (κ2) is 23.2. The molecule has 0 saturated heterocycles. The van der Waals surface area contributed by atoms with Crippen LogP contribution in [0.15, 0.2) is 0 Å². The number of rotatable bonds is 22. The van der Waals surface area contributed by atoms with Crippen LogP contribution in [0.5, 0.6) is 0 Å². The summed E-state index contributed by atoms with van der Waals surface area (Å²) in [7, 11) is 0. The minimum absolute atomic E-state index is 0. The Bertz CT molecular complexity index is 239. The smallest absolute Gasteiger partial charge is 0.0786 e. The predicted octanol–water partition coefficient (Wildman–Crippen LogP) is 5.91. The van der Waals surface area contributed by atoms with E-state index < -0.39 is 0 Å². The van der Waals surface area contributed by atoms with E-state index in [1.807, 2.05) is 0 Å². The van der Waals surface area contributed by atoms with Gasteiger partial charge in [-0.05, 0) is 45.4 Å². The molecule has 0 aliphatic carbocycles. The third-order valence-corrected chi connectivity index (χ3v) is 6.63. The summed E-state index contributed by atoms with van der Waals surface area (Å²) in [5, 5.41) is 0. The van der Waals surface area contributed by atoms with E-state index >= 15 is 0 Å². The zero-order valence-corrected chi connectivity index (χ0v) is 20.4. The highest BCUT2D eigenvalue weighted by molar-refractivity contribution is 4.52. The van der Waals surface area contributed by atoms with Gasteiger partial charge in [0.25, 0.3) is 0 Å². The van der Waals surface area contributed by atoms with Gasteiger partial charge in [0.2, 0.25) is 0 Å². The van der Waals surface area contributed by atoms with Gasteiger partial charge in [0.1, 0.15) is 0 Å². The van der Waals surface area contributed by atoms with Gasteiger partial charge in [0, 0.05) is 0 Å². The molecule has 1 nitrogen and oxygen atoms in total. The average Bonchev–Trinajstić information content (AvgIpc) is 2.69. The summed E-state index contributed by atoms with van der Waals surface area (Å²) in [4.78, 5) is 0. The van der Waals surface area contributed by atoms with E-state index in [9.17, 15) is 0 Å². The van der Waals surface area contributed by atoms with Gasteiger partial charge in [0.05, 0.1) is 26.2 Å². The molecule has 0 bridgehead atoms. The fourth-order valence-corrected chi connectivity index (χ4v) is 4.49. The summed E-state index contributed by atoms with van der Waals surface area (Å²) in [6.07, 6.45) is 25.9. The molecule has 2 heteroatoms. The third-order valence-electron chi connectivity index (χ3n) is 6.63. The summed E-state index contributed by atoms with van der Waals surface area (Å²) in [6.45, 7) is 15.1. The Labute approximate surface area is 179 Å². The zero-order valence-electron chi connectivity index (χ0n) is 20.4. The molecule has 0 aliphatic heterocycles. The Morgan fingerprint density at radius 2 is 0.607 bits per heavy atom. The summed E-state index contributed by atoms with van der Waals surface area (Å²) in [5.41, 5.74) is 0. The molecular weight excluding hydrogens is 345 g/mol. The Kier molecular flexibility index (Phi) is 24.9. The van der Waals surface area contributed by atoms with E-state index in [1.54, 1.807) is 0 Å². The first-order chi connectivity index (χ1) is 13.2. The molecule has 0 atom stereocenters.